The SMILES string of the molecule is CN(CCC(=O)ONN)CC(F)(F)F. The van der Waals surface area contributed by atoms with E-state index in [4.69, 9.17) is 0 Å². The van der Waals surface area contributed by atoms with Crippen LogP contribution < -0.4 is 11.4 Å². The van der Waals surface area contributed by atoms with E-state index in [0.717, 1.165) is 4.90 Å². The molecule has 0 saturated carbocycles. The summed E-state index contributed by atoms with van der Waals surface area (Å²) in [6.45, 7) is -1.10. The first-order chi connectivity index (χ1) is 6.35. The first kappa shape index (κ1) is 13.1. The lowest BCUT2D eigenvalue weighted by atomic mass is 10.4. The fraction of sp³-hybridized carbons (Fsp3) is 0.833. The summed E-state index contributed by atoms with van der Waals surface area (Å²) >= 11 is 0. The second kappa shape index (κ2) is 5.78. The molecule has 0 heterocycles. The van der Waals surface area contributed by atoms with E-state index in [2.05, 4.69) is 10.7 Å². The van der Waals surface area contributed by atoms with Crippen molar-refractivity contribution in [1.29, 1.82) is 0 Å². The molecular formula is C6H12F3N3O2. The molecule has 0 bridgehead atoms. The average Bonchev–Trinajstić information content (AvgIpc) is 1.98. The zero-order valence-corrected chi connectivity index (χ0v) is 7.60. The minimum atomic E-state index is -4.26. The molecule has 0 aliphatic rings. The van der Waals surface area contributed by atoms with Crippen molar-refractivity contribution in [3.63, 3.8) is 0 Å². The summed E-state index contributed by atoms with van der Waals surface area (Å²) in [6.07, 6.45) is -4.42. The molecule has 0 aromatic carbocycles. The highest BCUT2D eigenvalue weighted by molar-refractivity contribution is 5.69. The van der Waals surface area contributed by atoms with Gasteiger partial charge in [0, 0.05) is 6.54 Å². The monoisotopic (exact) mass is 215 g/mol. The second-order valence-electron chi connectivity index (χ2n) is 2.69. The minimum absolute atomic E-state index is 0.0416. The second-order valence-corrected chi connectivity index (χ2v) is 2.69. The van der Waals surface area contributed by atoms with E-state index in [1.165, 1.54) is 7.05 Å². The number of nitrogens with zero attached hydrogens (tertiary/aromatic N) is 1. The summed E-state index contributed by atoms with van der Waals surface area (Å²) in [7, 11) is 1.26. The number of alkyl halides is 3. The van der Waals surface area contributed by atoms with Gasteiger partial charge < -0.3 is 4.84 Å². The lowest BCUT2D eigenvalue weighted by molar-refractivity contribution is -0.155. The van der Waals surface area contributed by atoms with E-state index in [1.807, 2.05) is 0 Å². The van der Waals surface area contributed by atoms with Crippen molar-refractivity contribution >= 4 is 5.97 Å². The highest BCUT2D eigenvalue weighted by Crippen LogP contribution is 2.15. The van der Waals surface area contributed by atoms with Crippen molar-refractivity contribution in [3.05, 3.63) is 0 Å². The summed E-state index contributed by atoms with van der Waals surface area (Å²) in [5, 5.41) is 0. The molecule has 0 rings (SSSR count). The van der Waals surface area contributed by atoms with Crippen molar-refractivity contribution in [2.45, 2.75) is 12.6 Å². The number of hydrogen-bond acceptors (Lipinski definition) is 5. The van der Waals surface area contributed by atoms with Gasteiger partial charge in [-0.2, -0.15) is 13.2 Å². The first-order valence-electron chi connectivity index (χ1n) is 3.75. The Morgan fingerprint density at radius 1 is 1.57 bits per heavy atom. The lowest BCUT2D eigenvalue weighted by Gasteiger charge is -2.17. The van der Waals surface area contributed by atoms with Crippen molar-refractivity contribution < 1.29 is 22.8 Å². The zero-order chi connectivity index (χ0) is 11.2. The van der Waals surface area contributed by atoms with E-state index >= 15 is 0 Å². The van der Waals surface area contributed by atoms with Crippen LogP contribution in [0.5, 0.6) is 0 Å². The molecule has 84 valence electrons. The molecule has 0 saturated heterocycles. The maximum absolute atomic E-state index is 11.8. The van der Waals surface area contributed by atoms with Crippen molar-refractivity contribution in [2.24, 2.45) is 5.84 Å². The molecule has 5 nitrogen and oxygen atoms in total. The number of nitrogens with two attached hydrogens (primary N) is 1. The Labute approximate surface area is 78.9 Å². The van der Waals surface area contributed by atoms with Crippen molar-refractivity contribution in [3.8, 4) is 0 Å². The molecule has 0 aliphatic carbocycles. The number of hydrogen-bond donors (Lipinski definition) is 2. The molecule has 0 radical (unpaired) electrons. The Bertz CT molecular complexity index is 186. The number of carbonyl (C=O) groups excluding carboxylic acids is 1. The van der Waals surface area contributed by atoms with Gasteiger partial charge in [-0.3, -0.25) is 9.69 Å². The molecular weight excluding hydrogens is 203 g/mol. The highest BCUT2D eigenvalue weighted by atomic mass is 19.4. The molecule has 0 aromatic rings. The predicted octanol–water partition coefficient (Wildman–Crippen LogP) is -0.208. The van der Waals surface area contributed by atoms with E-state index in [0.29, 0.717) is 0 Å². The van der Waals surface area contributed by atoms with E-state index < -0.39 is 18.7 Å². The van der Waals surface area contributed by atoms with E-state index in [1.54, 1.807) is 5.59 Å². The summed E-state index contributed by atoms with van der Waals surface area (Å²) < 4.78 is 35.4. The van der Waals surface area contributed by atoms with Crippen LogP contribution in [0.1, 0.15) is 6.42 Å². The maximum Gasteiger partial charge on any atom is 0.401 e. The van der Waals surface area contributed by atoms with Crippen LogP contribution in [-0.2, 0) is 9.63 Å². The summed E-state index contributed by atoms with van der Waals surface area (Å²) in [5.74, 6) is 3.94. The van der Waals surface area contributed by atoms with Gasteiger partial charge in [0.05, 0.1) is 13.0 Å². The predicted molar refractivity (Wildman–Crippen MR) is 41.6 cm³/mol. The molecule has 0 aromatic heterocycles. The summed E-state index contributed by atoms with van der Waals surface area (Å²) in [4.78, 5) is 15.7. The Balaban J connectivity index is 3.63. The van der Waals surface area contributed by atoms with Crippen LogP contribution in [0, 0.1) is 0 Å². The Morgan fingerprint density at radius 2 is 2.14 bits per heavy atom. The van der Waals surface area contributed by atoms with Gasteiger partial charge in [-0.15, -0.1) is 0 Å². The topological polar surface area (TPSA) is 67.6 Å². The highest BCUT2D eigenvalue weighted by Gasteiger charge is 2.29. The molecule has 0 amide bonds. The van der Waals surface area contributed by atoms with E-state index in [-0.39, 0.29) is 13.0 Å². The summed E-state index contributed by atoms with van der Waals surface area (Å²) in [6, 6.07) is 0. The summed E-state index contributed by atoms with van der Waals surface area (Å²) in [5.41, 5.74) is 1.65. The van der Waals surface area contributed by atoms with Gasteiger partial charge in [0.15, 0.2) is 0 Å². The molecule has 0 aliphatic heterocycles. The van der Waals surface area contributed by atoms with Gasteiger partial charge in [0.2, 0.25) is 0 Å². The molecule has 0 unspecified atom stereocenters. The quantitative estimate of drug-likeness (QED) is 0.490. The van der Waals surface area contributed by atoms with Crippen LogP contribution in [0.4, 0.5) is 13.2 Å². The minimum Gasteiger partial charge on any atom is -0.356 e. The van der Waals surface area contributed by atoms with Gasteiger partial charge in [-0.05, 0) is 7.05 Å². The normalized spacial score (nSPS) is 11.9. The molecule has 14 heavy (non-hydrogen) atoms. The molecule has 8 heteroatoms. The van der Waals surface area contributed by atoms with Gasteiger partial charge >= 0.3 is 12.1 Å². The van der Waals surface area contributed by atoms with Crippen LogP contribution in [0.15, 0.2) is 0 Å². The van der Waals surface area contributed by atoms with Crippen LogP contribution in [-0.4, -0.2) is 37.2 Å². The van der Waals surface area contributed by atoms with Crippen LogP contribution in [0.25, 0.3) is 0 Å². The Morgan fingerprint density at radius 3 is 2.57 bits per heavy atom. The number of hydrazine groups is 1. The van der Waals surface area contributed by atoms with Gasteiger partial charge in [-0.25, -0.2) is 5.84 Å². The van der Waals surface area contributed by atoms with Gasteiger partial charge in [0.25, 0.3) is 0 Å². The third-order valence-corrected chi connectivity index (χ3v) is 1.32. The van der Waals surface area contributed by atoms with Crippen LogP contribution in [0.3, 0.4) is 0 Å². The number of rotatable bonds is 5. The Hall–Kier alpha value is -0.860. The fourth-order valence-corrected chi connectivity index (χ4v) is 0.784. The fourth-order valence-electron chi connectivity index (χ4n) is 0.784. The zero-order valence-electron chi connectivity index (χ0n) is 7.60. The Kier molecular flexibility index (Phi) is 5.43. The molecule has 0 fully saturated rings. The largest absolute Gasteiger partial charge is 0.401 e. The number of carbonyl (C=O) groups is 1. The third kappa shape index (κ3) is 7.77. The van der Waals surface area contributed by atoms with Gasteiger partial charge in [0.1, 0.15) is 0 Å². The lowest BCUT2D eigenvalue weighted by Crippen LogP contribution is -2.34. The van der Waals surface area contributed by atoms with Crippen LogP contribution >= 0.6 is 0 Å². The van der Waals surface area contributed by atoms with Crippen molar-refractivity contribution in [1.82, 2.24) is 10.5 Å². The third-order valence-electron chi connectivity index (χ3n) is 1.32. The number of nitrogens with one attached hydrogen (secondary N) is 1. The molecule has 3 N–H and O–H groups in total. The van der Waals surface area contributed by atoms with E-state index in [9.17, 15) is 18.0 Å². The average molecular weight is 215 g/mol. The molecule has 0 spiro atoms. The number of halogens is 3. The smallest absolute Gasteiger partial charge is 0.356 e. The maximum atomic E-state index is 11.8. The van der Waals surface area contributed by atoms with Crippen molar-refractivity contribution in [2.75, 3.05) is 20.1 Å². The molecule has 0 atom stereocenters. The standard InChI is InChI=1S/C6H12F3N3O2/c1-12(4-6(7,8)9)3-2-5(13)14-11-10/h11H,2-4,10H2,1H3. The van der Waals surface area contributed by atoms with Crippen LogP contribution in [0.2, 0.25) is 0 Å². The van der Waals surface area contributed by atoms with Gasteiger partial charge in [-0.1, -0.05) is 5.59 Å². The first-order valence-corrected chi connectivity index (χ1v) is 3.75.